The first-order chi connectivity index (χ1) is 8.11. The number of hydrogen-bond acceptors (Lipinski definition) is 1. The summed E-state index contributed by atoms with van der Waals surface area (Å²) in [4.78, 5) is 11.7. The number of amides is 1. The Labute approximate surface area is 108 Å². The minimum Gasteiger partial charge on any atom is -0.350 e. The predicted molar refractivity (Wildman–Crippen MR) is 62.8 cm³/mol. The van der Waals surface area contributed by atoms with Gasteiger partial charge in [-0.05, 0) is 26.8 Å². The summed E-state index contributed by atoms with van der Waals surface area (Å²) in [6.07, 6.45) is 0. The van der Waals surface area contributed by atoms with Crippen molar-refractivity contribution in [1.82, 2.24) is 5.32 Å². The van der Waals surface area contributed by atoms with Crippen LogP contribution in [0.2, 0.25) is 0 Å². The van der Waals surface area contributed by atoms with Crippen molar-refractivity contribution < 1.29 is 18.0 Å². The number of alkyl halides is 1. The molecule has 2 nitrogen and oxygen atoms in total. The first kappa shape index (κ1) is 14.8. The lowest BCUT2D eigenvalue weighted by atomic mass is 10.1. The van der Waals surface area contributed by atoms with Crippen LogP contribution in [0.15, 0.2) is 12.1 Å². The molecule has 1 unspecified atom stereocenters. The molecule has 0 aliphatic rings. The quantitative estimate of drug-likeness (QED) is 0.653. The number of hydrogen-bond donors (Lipinski definition) is 1. The van der Waals surface area contributed by atoms with E-state index in [4.69, 9.17) is 11.6 Å². The molecule has 1 aromatic rings. The Balaban J connectivity index is 3.01. The lowest BCUT2D eigenvalue weighted by Gasteiger charge is -2.22. The maximum Gasteiger partial charge on any atom is 0.243 e. The zero-order chi connectivity index (χ0) is 14.1. The number of rotatable bonds is 2. The third-order valence-electron chi connectivity index (χ3n) is 2.04. The molecule has 0 saturated carbocycles. The fourth-order valence-electron chi connectivity index (χ4n) is 1.31. The summed E-state index contributed by atoms with van der Waals surface area (Å²) in [6, 6.07) is 0.953. The van der Waals surface area contributed by atoms with Crippen LogP contribution < -0.4 is 5.32 Å². The zero-order valence-corrected chi connectivity index (χ0v) is 10.9. The second-order valence-corrected chi connectivity index (χ2v) is 5.33. The molecule has 0 fully saturated rings. The van der Waals surface area contributed by atoms with Gasteiger partial charge in [0.2, 0.25) is 5.91 Å². The molecule has 1 aromatic carbocycles. The van der Waals surface area contributed by atoms with Crippen molar-refractivity contribution in [3.63, 3.8) is 0 Å². The molecule has 0 heterocycles. The molecular formula is C12H13ClF3NO. The molecule has 0 saturated heterocycles. The molecule has 18 heavy (non-hydrogen) atoms. The van der Waals surface area contributed by atoms with E-state index in [0.29, 0.717) is 12.1 Å². The highest BCUT2D eigenvalue weighted by Gasteiger charge is 2.26. The second-order valence-electron chi connectivity index (χ2n) is 4.89. The third kappa shape index (κ3) is 3.63. The van der Waals surface area contributed by atoms with Gasteiger partial charge in [-0.3, -0.25) is 4.79 Å². The van der Waals surface area contributed by atoms with Crippen LogP contribution in [0.4, 0.5) is 13.2 Å². The van der Waals surface area contributed by atoms with Gasteiger partial charge in [0.1, 0.15) is 11.2 Å². The average molecular weight is 280 g/mol. The largest absolute Gasteiger partial charge is 0.350 e. The van der Waals surface area contributed by atoms with Gasteiger partial charge in [0, 0.05) is 17.2 Å². The van der Waals surface area contributed by atoms with Crippen molar-refractivity contribution in [2.24, 2.45) is 0 Å². The van der Waals surface area contributed by atoms with Gasteiger partial charge in [-0.1, -0.05) is 0 Å². The Morgan fingerprint density at radius 1 is 1.17 bits per heavy atom. The number of nitrogens with one attached hydrogen (secondary N) is 1. The molecule has 1 amide bonds. The molecule has 0 spiro atoms. The predicted octanol–water partition coefficient (Wildman–Crippen LogP) is 3.30. The number of benzene rings is 1. The Kier molecular flexibility index (Phi) is 4.27. The number of carbonyl (C=O) groups excluding carboxylic acids is 1. The van der Waals surface area contributed by atoms with Gasteiger partial charge in [0.05, 0.1) is 0 Å². The van der Waals surface area contributed by atoms with Crippen LogP contribution >= 0.6 is 11.6 Å². The molecule has 100 valence electrons. The zero-order valence-electron chi connectivity index (χ0n) is 10.2. The second kappa shape index (κ2) is 5.18. The number of halogens is 4. The van der Waals surface area contributed by atoms with Gasteiger partial charge < -0.3 is 5.32 Å². The number of carbonyl (C=O) groups is 1. The summed E-state index contributed by atoms with van der Waals surface area (Å²) in [5, 5.41) is 1.11. The average Bonchev–Trinajstić information content (AvgIpc) is 2.20. The van der Waals surface area contributed by atoms with Crippen molar-refractivity contribution in [1.29, 1.82) is 0 Å². The summed E-state index contributed by atoms with van der Waals surface area (Å²) in [6.45, 7) is 5.16. The Morgan fingerprint density at radius 2 is 1.67 bits per heavy atom. The molecule has 0 aliphatic carbocycles. The highest BCUT2D eigenvalue weighted by atomic mass is 35.5. The van der Waals surface area contributed by atoms with Crippen molar-refractivity contribution in [2.45, 2.75) is 31.7 Å². The van der Waals surface area contributed by atoms with Crippen LogP contribution in [0.3, 0.4) is 0 Å². The summed E-state index contributed by atoms with van der Waals surface area (Å²) < 4.78 is 39.1. The van der Waals surface area contributed by atoms with Gasteiger partial charge in [0.15, 0.2) is 11.6 Å². The summed E-state index contributed by atoms with van der Waals surface area (Å²) >= 11 is 5.75. The summed E-state index contributed by atoms with van der Waals surface area (Å²) in [7, 11) is 0. The van der Waals surface area contributed by atoms with Crippen LogP contribution in [0.1, 0.15) is 31.7 Å². The van der Waals surface area contributed by atoms with Crippen molar-refractivity contribution in [2.75, 3.05) is 0 Å². The van der Waals surface area contributed by atoms with Gasteiger partial charge in [0.25, 0.3) is 0 Å². The summed E-state index contributed by atoms with van der Waals surface area (Å²) in [5.41, 5.74) is -0.948. The van der Waals surface area contributed by atoms with Gasteiger partial charge in [-0.15, -0.1) is 11.6 Å². The van der Waals surface area contributed by atoms with E-state index in [-0.39, 0.29) is 0 Å². The fraction of sp³-hybridized carbons (Fsp3) is 0.417. The monoisotopic (exact) mass is 279 g/mol. The lowest BCUT2D eigenvalue weighted by molar-refractivity contribution is -0.122. The third-order valence-corrected chi connectivity index (χ3v) is 2.47. The minimum atomic E-state index is -1.42. The van der Waals surface area contributed by atoms with E-state index in [1.807, 2.05) is 0 Å². The smallest absolute Gasteiger partial charge is 0.243 e. The van der Waals surface area contributed by atoms with Crippen molar-refractivity contribution >= 4 is 17.5 Å². The van der Waals surface area contributed by atoms with Crippen LogP contribution in [-0.4, -0.2) is 11.4 Å². The van der Waals surface area contributed by atoms with E-state index in [1.165, 1.54) is 0 Å². The Hall–Kier alpha value is -1.23. The molecule has 1 rings (SSSR count). The van der Waals surface area contributed by atoms with E-state index in [9.17, 15) is 18.0 Å². The van der Waals surface area contributed by atoms with Crippen LogP contribution in [0, 0.1) is 17.5 Å². The standard InChI is InChI=1S/C12H13ClF3NO/c1-12(2,3)17-11(18)10(13)6-4-8(15)9(16)5-7(6)14/h4-5,10H,1-3H3,(H,17,18). The highest BCUT2D eigenvalue weighted by Crippen LogP contribution is 2.26. The van der Waals surface area contributed by atoms with Crippen LogP contribution in [0.5, 0.6) is 0 Å². The molecule has 0 aromatic heterocycles. The van der Waals surface area contributed by atoms with Crippen molar-refractivity contribution in [3.05, 3.63) is 35.1 Å². The molecule has 6 heteroatoms. The Morgan fingerprint density at radius 3 is 2.17 bits per heavy atom. The van der Waals surface area contributed by atoms with Crippen LogP contribution in [0.25, 0.3) is 0 Å². The molecular weight excluding hydrogens is 267 g/mol. The van der Waals surface area contributed by atoms with E-state index in [2.05, 4.69) is 5.32 Å². The maximum atomic E-state index is 13.4. The molecule has 0 radical (unpaired) electrons. The highest BCUT2D eigenvalue weighted by molar-refractivity contribution is 6.30. The van der Waals surface area contributed by atoms with Gasteiger partial charge >= 0.3 is 0 Å². The van der Waals surface area contributed by atoms with Crippen LogP contribution in [-0.2, 0) is 4.79 Å². The van der Waals surface area contributed by atoms with E-state index in [1.54, 1.807) is 20.8 Å². The van der Waals surface area contributed by atoms with E-state index in [0.717, 1.165) is 0 Å². The minimum absolute atomic E-state index is 0.365. The van der Waals surface area contributed by atoms with E-state index >= 15 is 0 Å². The first-order valence-corrected chi connectivity index (χ1v) is 5.66. The molecule has 1 N–H and O–H groups in total. The SMILES string of the molecule is CC(C)(C)NC(=O)C(Cl)c1cc(F)c(F)cc1F. The first-order valence-electron chi connectivity index (χ1n) is 5.22. The summed E-state index contributed by atoms with van der Waals surface area (Å²) in [5.74, 6) is -4.30. The maximum absolute atomic E-state index is 13.4. The Bertz CT molecular complexity index is 471. The lowest BCUT2D eigenvalue weighted by Crippen LogP contribution is -2.42. The van der Waals surface area contributed by atoms with Crippen molar-refractivity contribution in [3.8, 4) is 0 Å². The molecule has 0 bridgehead atoms. The topological polar surface area (TPSA) is 29.1 Å². The van der Waals surface area contributed by atoms with Gasteiger partial charge in [-0.25, -0.2) is 13.2 Å². The normalized spacial score (nSPS) is 13.3. The fourth-order valence-corrected chi connectivity index (χ4v) is 1.53. The van der Waals surface area contributed by atoms with Gasteiger partial charge in [-0.2, -0.15) is 0 Å². The molecule has 1 atom stereocenters. The molecule has 0 aliphatic heterocycles. The van der Waals surface area contributed by atoms with E-state index < -0.39 is 39.8 Å².